The van der Waals surface area contributed by atoms with Crippen molar-refractivity contribution in [1.82, 2.24) is 4.98 Å². The molecule has 0 saturated carbocycles. The molecule has 172 valence electrons. The summed E-state index contributed by atoms with van der Waals surface area (Å²) in [6.07, 6.45) is 2.12. The predicted octanol–water partition coefficient (Wildman–Crippen LogP) is 7.53. The van der Waals surface area contributed by atoms with Crippen LogP contribution in [-0.2, 0) is 5.41 Å². The average Bonchev–Trinajstić information content (AvgIpc) is 3.12. The lowest BCUT2D eigenvalue weighted by Gasteiger charge is -2.29. The van der Waals surface area contributed by atoms with E-state index < -0.39 is 16.1 Å². The third-order valence-electron chi connectivity index (χ3n) is 7.75. The van der Waals surface area contributed by atoms with E-state index in [0.717, 1.165) is 16.9 Å². The van der Waals surface area contributed by atoms with Gasteiger partial charge >= 0.3 is 0 Å². The SMILES string of the molecule is CC1(C)c2cc3ccccc3cc2-c2ncc([Si](C)(C)C)c3oc4c([Si](C)(C)C)ccc1c4c23. The van der Waals surface area contributed by atoms with E-state index in [1.54, 1.807) is 0 Å². The molecule has 0 aliphatic heterocycles. The molecule has 2 nitrogen and oxygen atoms in total. The van der Waals surface area contributed by atoms with Gasteiger partial charge in [-0.25, -0.2) is 0 Å². The first-order chi connectivity index (χ1) is 15.9. The minimum Gasteiger partial charge on any atom is -0.456 e. The van der Waals surface area contributed by atoms with Gasteiger partial charge in [0.15, 0.2) is 0 Å². The van der Waals surface area contributed by atoms with E-state index in [2.05, 4.69) is 108 Å². The number of fused-ring (bicyclic) bond motifs is 3. The lowest BCUT2D eigenvalue weighted by atomic mass is 9.75. The first kappa shape index (κ1) is 21.8. The van der Waals surface area contributed by atoms with E-state index in [4.69, 9.17) is 9.40 Å². The van der Waals surface area contributed by atoms with Crippen molar-refractivity contribution in [1.29, 1.82) is 0 Å². The van der Waals surface area contributed by atoms with Crippen LogP contribution >= 0.6 is 0 Å². The Morgan fingerprint density at radius 1 is 0.706 bits per heavy atom. The van der Waals surface area contributed by atoms with Crippen LogP contribution in [-0.4, -0.2) is 21.1 Å². The first-order valence-corrected chi connectivity index (χ1v) is 19.3. The molecule has 0 spiro atoms. The van der Waals surface area contributed by atoms with Crippen LogP contribution in [0, 0.1) is 0 Å². The number of rotatable bonds is 2. The third-order valence-corrected chi connectivity index (χ3v) is 11.7. The van der Waals surface area contributed by atoms with E-state index in [-0.39, 0.29) is 5.41 Å². The molecule has 4 heteroatoms. The van der Waals surface area contributed by atoms with E-state index >= 15 is 0 Å². The quantitative estimate of drug-likeness (QED) is 0.245. The molecule has 3 aromatic carbocycles. The maximum atomic E-state index is 6.95. The molecule has 0 N–H and O–H groups in total. The maximum absolute atomic E-state index is 6.95. The van der Waals surface area contributed by atoms with Crippen LogP contribution in [0.15, 0.2) is 59.1 Å². The maximum Gasteiger partial charge on any atom is 0.138 e. The summed E-state index contributed by atoms with van der Waals surface area (Å²) >= 11 is 0. The van der Waals surface area contributed by atoms with Crippen LogP contribution in [0.5, 0.6) is 0 Å². The summed E-state index contributed by atoms with van der Waals surface area (Å²) in [5, 5.41) is 7.79. The topological polar surface area (TPSA) is 26.0 Å². The Morgan fingerprint density at radius 2 is 1.32 bits per heavy atom. The summed E-state index contributed by atoms with van der Waals surface area (Å²) < 4.78 is 6.95. The molecular weight excluding hydrogens is 447 g/mol. The van der Waals surface area contributed by atoms with Crippen molar-refractivity contribution in [2.24, 2.45) is 0 Å². The zero-order chi connectivity index (χ0) is 24.2. The van der Waals surface area contributed by atoms with E-state index in [1.807, 2.05) is 0 Å². The van der Waals surface area contributed by atoms with Gasteiger partial charge in [0, 0.05) is 27.7 Å². The van der Waals surface area contributed by atoms with Gasteiger partial charge in [-0.3, -0.25) is 4.98 Å². The molecule has 0 bridgehead atoms. The number of benzene rings is 3. The molecule has 5 aromatic rings. The zero-order valence-electron chi connectivity index (χ0n) is 21.6. The smallest absolute Gasteiger partial charge is 0.138 e. The van der Waals surface area contributed by atoms with Gasteiger partial charge in [-0.1, -0.05) is 89.5 Å². The van der Waals surface area contributed by atoms with Crippen molar-refractivity contribution < 1.29 is 4.42 Å². The Balaban J connectivity index is 1.90. The number of hydrogen-bond donors (Lipinski definition) is 0. The van der Waals surface area contributed by atoms with Gasteiger partial charge in [0.05, 0.1) is 27.2 Å². The highest BCUT2D eigenvalue weighted by atomic mass is 28.3. The molecule has 0 amide bonds. The Bertz CT molecular complexity index is 1640. The summed E-state index contributed by atoms with van der Waals surface area (Å²) in [7, 11) is -3.30. The predicted molar refractivity (Wildman–Crippen MR) is 153 cm³/mol. The van der Waals surface area contributed by atoms with Crippen molar-refractivity contribution in [3.05, 3.63) is 65.9 Å². The van der Waals surface area contributed by atoms with Crippen molar-refractivity contribution in [2.75, 3.05) is 0 Å². The number of nitrogens with zero attached hydrogens (tertiary/aromatic N) is 1. The Labute approximate surface area is 204 Å². The minimum atomic E-state index is -1.67. The van der Waals surface area contributed by atoms with Gasteiger partial charge in [0.25, 0.3) is 0 Å². The standard InChI is InChI=1S/C30H33NOSi2/c1-30(2)21-13-14-23(33(3,4)5)28-25(21)26-27(31-17-24(29(26)32-28)34(6,7)8)20-15-18-11-9-10-12-19(18)16-22(20)30/h9-17H,1-8H3. The summed E-state index contributed by atoms with van der Waals surface area (Å²) in [5.41, 5.74) is 7.02. The normalized spacial score (nSPS) is 15.3. The van der Waals surface area contributed by atoms with Crippen LogP contribution < -0.4 is 10.4 Å². The Kier molecular flexibility index (Phi) is 4.30. The van der Waals surface area contributed by atoms with Crippen molar-refractivity contribution in [3.63, 3.8) is 0 Å². The zero-order valence-corrected chi connectivity index (χ0v) is 23.6. The Morgan fingerprint density at radius 3 is 1.97 bits per heavy atom. The highest BCUT2D eigenvalue weighted by Crippen LogP contribution is 2.49. The summed E-state index contributed by atoms with van der Waals surface area (Å²) in [6.45, 7) is 19.2. The largest absolute Gasteiger partial charge is 0.456 e. The van der Waals surface area contributed by atoms with Crippen LogP contribution in [0.2, 0.25) is 39.3 Å². The molecule has 0 radical (unpaired) electrons. The molecule has 2 heterocycles. The number of pyridine rings is 1. The third kappa shape index (κ3) is 2.88. The second-order valence-electron chi connectivity index (χ2n) is 12.6. The van der Waals surface area contributed by atoms with Gasteiger partial charge < -0.3 is 4.42 Å². The van der Waals surface area contributed by atoms with Gasteiger partial charge in [-0.2, -0.15) is 0 Å². The van der Waals surface area contributed by atoms with Gasteiger partial charge in [0.1, 0.15) is 11.2 Å². The van der Waals surface area contributed by atoms with Crippen LogP contribution in [0.4, 0.5) is 0 Å². The van der Waals surface area contributed by atoms with Crippen LogP contribution in [0.1, 0.15) is 25.0 Å². The molecular formula is C30H33NOSi2. The second-order valence-corrected chi connectivity index (χ2v) is 22.6. The summed E-state index contributed by atoms with van der Waals surface area (Å²) in [6, 6.07) is 18.2. The number of hydrogen-bond acceptors (Lipinski definition) is 2. The summed E-state index contributed by atoms with van der Waals surface area (Å²) in [5.74, 6) is 0. The minimum absolute atomic E-state index is 0.174. The second kappa shape index (κ2) is 6.70. The van der Waals surface area contributed by atoms with Crippen molar-refractivity contribution in [3.8, 4) is 11.3 Å². The lowest BCUT2D eigenvalue weighted by Crippen LogP contribution is -2.38. The Hall–Kier alpha value is -2.70. The van der Waals surface area contributed by atoms with E-state index in [9.17, 15) is 0 Å². The fourth-order valence-electron chi connectivity index (χ4n) is 5.82. The van der Waals surface area contributed by atoms with Crippen LogP contribution in [0.25, 0.3) is 44.0 Å². The van der Waals surface area contributed by atoms with Crippen LogP contribution in [0.3, 0.4) is 0 Å². The molecule has 0 fully saturated rings. The fourth-order valence-corrected chi connectivity index (χ4v) is 8.57. The highest BCUT2D eigenvalue weighted by molar-refractivity contribution is 6.91. The van der Waals surface area contributed by atoms with Crippen molar-refractivity contribution >= 4 is 59.2 Å². The van der Waals surface area contributed by atoms with E-state index in [1.165, 1.54) is 48.6 Å². The van der Waals surface area contributed by atoms with E-state index in [0.29, 0.717) is 0 Å². The molecule has 2 aromatic heterocycles. The monoisotopic (exact) mass is 479 g/mol. The molecule has 0 saturated heterocycles. The van der Waals surface area contributed by atoms with Gasteiger partial charge in [-0.05, 0) is 39.2 Å². The molecule has 0 unspecified atom stereocenters. The number of furan rings is 1. The molecule has 1 aliphatic carbocycles. The van der Waals surface area contributed by atoms with Gasteiger partial charge in [0.2, 0.25) is 0 Å². The average molecular weight is 480 g/mol. The van der Waals surface area contributed by atoms with Crippen molar-refractivity contribution in [2.45, 2.75) is 58.5 Å². The summed E-state index contributed by atoms with van der Waals surface area (Å²) in [4.78, 5) is 5.21. The molecule has 6 rings (SSSR count). The molecule has 1 aliphatic rings. The number of aromatic nitrogens is 1. The molecule has 34 heavy (non-hydrogen) atoms. The highest BCUT2D eigenvalue weighted by Gasteiger charge is 2.38. The van der Waals surface area contributed by atoms with Gasteiger partial charge in [-0.15, -0.1) is 0 Å². The fraction of sp³-hybridized carbons (Fsp3) is 0.300. The molecule has 0 atom stereocenters. The lowest BCUT2D eigenvalue weighted by molar-refractivity contribution is 0.645. The first-order valence-electron chi connectivity index (χ1n) is 12.3.